The van der Waals surface area contributed by atoms with Gasteiger partial charge in [0.1, 0.15) is 5.82 Å². The van der Waals surface area contributed by atoms with Crippen molar-refractivity contribution >= 4 is 11.6 Å². The summed E-state index contributed by atoms with van der Waals surface area (Å²) in [6, 6.07) is 4.76. The van der Waals surface area contributed by atoms with Crippen molar-refractivity contribution in [3.05, 3.63) is 29.6 Å². The number of rotatable bonds is 6. The Hall–Kier alpha value is -1.42. The highest BCUT2D eigenvalue weighted by molar-refractivity contribution is 5.90. The third kappa shape index (κ3) is 4.95. The number of nitrogens with two attached hydrogens (primary N) is 1. The molecule has 17 heavy (non-hydrogen) atoms. The fourth-order valence-corrected chi connectivity index (χ4v) is 1.54. The lowest BCUT2D eigenvalue weighted by Gasteiger charge is -2.06. The Morgan fingerprint density at radius 2 is 2.12 bits per heavy atom. The van der Waals surface area contributed by atoms with E-state index in [1.165, 1.54) is 6.07 Å². The van der Waals surface area contributed by atoms with Gasteiger partial charge in [0.05, 0.1) is 5.69 Å². The van der Waals surface area contributed by atoms with Gasteiger partial charge in [0, 0.05) is 6.42 Å². The van der Waals surface area contributed by atoms with Crippen LogP contribution < -0.4 is 11.1 Å². The van der Waals surface area contributed by atoms with Gasteiger partial charge in [0.25, 0.3) is 0 Å². The van der Waals surface area contributed by atoms with E-state index in [-0.39, 0.29) is 17.4 Å². The lowest BCUT2D eigenvalue weighted by atomic mass is 10.1. The molecule has 0 fully saturated rings. The van der Waals surface area contributed by atoms with Crippen LogP contribution in [0.5, 0.6) is 0 Å². The van der Waals surface area contributed by atoms with Crippen molar-refractivity contribution in [1.29, 1.82) is 0 Å². The average Bonchev–Trinajstić information content (AvgIpc) is 2.28. The molecule has 1 rings (SSSR count). The van der Waals surface area contributed by atoms with Crippen LogP contribution in [0.3, 0.4) is 0 Å². The summed E-state index contributed by atoms with van der Waals surface area (Å²) in [6.45, 7) is 2.45. The maximum absolute atomic E-state index is 13.4. The molecule has 94 valence electrons. The average molecular weight is 238 g/mol. The number of carbonyl (C=O) groups is 1. The van der Waals surface area contributed by atoms with Crippen LogP contribution in [0.25, 0.3) is 0 Å². The second-order valence-electron chi connectivity index (χ2n) is 4.13. The summed E-state index contributed by atoms with van der Waals surface area (Å²) in [7, 11) is 0. The van der Waals surface area contributed by atoms with E-state index in [0.29, 0.717) is 13.0 Å². The smallest absolute Gasteiger partial charge is 0.224 e. The molecule has 0 unspecified atom stereocenters. The molecule has 1 aromatic rings. The molecule has 0 heterocycles. The highest BCUT2D eigenvalue weighted by Crippen LogP contribution is 2.15. The fraction of sp³-hybridized carbons (Fsp3) is 0.462. The molecule has 0 radical (unpaired) electrons. The summed E-state index contributed by atoms with van der Waals surface area (Å²) >= 11 is 0. The molecular weight excluding hydrogens is 219 g/mol. The zero-order valence-corrected chi connectivity index (χ0v) is 10.1. The first-order valence-electron chi connectivity index (χ1n) is 5.89. The number of halogens is 1. The normalized spacial score (nSPS) is 10.3. The largest absolute Gasteiger partial charge is 0.330 e. The Morgan fingerprint density at radius 3 is 2.76 bits per heavy atom. The maximum atomic E-state index is 13.4. The molecule has 0 aliphatic rings. The fourth-order valence-electron chi connectivity index (χ4n) is 1.54. The SMILES string of the molecule is Cc1ccc(NC(=O)CCCCCN)c(F)c1. The summed E-state index contributed by atoms with van der Waals surface area (Å²) in [4.78, 5) is 11.5. The number of anilines is 1. The van der Waals surface area contributed by atoms with Gasteiger partial charge in [0.2, 0.25) is 5.91 Å². The van der Waals surface area contributed by atoms with Crippen LogP contribution in [-0.2, 0) is 4.79 Å². The van der Waals surface area contributed by atoms with Gasteiger partial charge in [0.15, 0.2) is 0 Å². The lowest BCUT2D eigenvalue weighted by molar-refractivity contribution is -0.116. The van der Waals surface area contributed by atoms with E-state index in [4.69, 9.17) is 5.73 Å². The highest BCUT2D eigenvalue weighted by atomic mass is 19.1. The molecule has 0 atom stereocenters. The van der Waals surface area contributed by atoms with E-state index in [0.717, 1.165) is 24.8 Å². The first-order valence-corrected chi connectivity index (χ1v) is 5.89. The van der Waals surface area contributed by atoms with Crippen molar-refractivity contribution in [1.82, 2.24) is 0 Å². The predicted molar refractivity (Wildman–Crippen MR) is 67.3 cm³/mol. The number of hydrogen-bond acceptors (Lipinski definition) is 2. The van der Waals surface area contributed by atoms with E-state index in [1.54, 1.807) is 12.1 Å². The van der Waals surface area contributed by atoms with Crippen molar-refractivity contribution in [2.24, 2.45) is 5.73 Å². The molecule has 3 nitrogen and oxygen atoms in total. The van der Waals surface area contributed by atoms with Crippen molar-refractivity contribution in [2.75, 3.05) is 11.9 Å². The molecule has 0 saturated heterocycles. The molecule has 0 aliphatic heterocycles. The minimum Gasteiger partial charge on any atom is -0.330 e. The van der Waals surface area contributed by atoms with Gasteiger partial charge in [-0.05, 0) is 44.0 Å². The van der Waals surface area contributed by atoms with Crippen LogP contribution in [0.2, 0.25) is 0 Å². The Labute approximate surface area is 101 Å². The first kappa shape index (κ1) is 13.6. The zero-order valence-electron chi connectivity index (χ0n) is 10.1. The van der Waals surface area contributed by atoms with Gasteiger partial charge in [-0.15, -0.1) is 0 Å². The molecule has 0 bridgehead atoms. The Kier molecular flexibility index (Phi) is 5.63. The number of nitrogens with one attached hydrogen (secondary N) is 1. The molecule has 0 aliphatic carbocycles. The van der Waals surface area contributed by atoms with Gasteiger partial charge < -0.3 is 11.1 Å². The third-order valence-electron chi connectivity index (χ3n) is 2.51. The summed E-state index contributed by atoms with van der Waals surface area (Å²) in [6.07, 6.45) is 3.05. The standard InChI is InChI=1S/C13H19FN2O/c1-10-6-7-12(11(14)9-10)16-13(17)5-3-2-4-8-15/h6-7,9H,2-5,8,15H2,1H3,(H,16,17). The predicted octanol–water partition coefficient (Wildman–Crippen LogP) is 2.59. The third-order valence-corrected chi connectivity index (χ3v) is 2.51. The Bertz CT molecular complexity index is 380. The number of unbranched alkanes of at least 4 members (excludes halogenated alkanes) is 2. The van der Waals surface area contributed by atoms with E-state index >= 15 is 0 Å². The van der Waals surface area contributed by atoms with Crippen LogP contribution in [0.15, 0.2) is 18.2 Å². The molecule has 0 spiro atoms. The monoisotopic (exact) mass is 238 g/mol. The van der Waals surface area contributed by atoms with E-state index < -0.39 is 0 Å². The van der Waals surface area contributed by atoms with Gasteiger partial charge in [-0.1, -0.05) is 12.5 Å². The number of hydrogen-bond donors (Lipinski definition) is 2. The second-order valence-corrected chi connectivity index (χ2v) is 4.13. The van der Waals surface area contributed by atoms with E-state index in [1.807, 2.05) is 6.92 Å². The molecule has 4 heteroatoms. The highest BCUT2D eigenvalue weighted by Gasteiger charge is 2.06. The van der Waals surface area contributed by atoms with Crippen molar-refractivity contribution in [3.8, 4) is 0 Å². The molecular formula is C13H19FN2O. The molecule has 0 saturated carbocycles. The van der Waals surface area contributed by atoms with Gasteiger partial charge >= 0.3 is 0 Å². The minimum atomic E-state index is -0.389. The molecule has 0 aromatic heterocycles. The van der Waals surface area contributed by atoms with Crippen LogP contribution in [0, 0.1) is 12.7 Å². The first-order chi connectivity index (χ1) is 8.13. The summed E-state index contributed by atoms with van der Waals surface area (Å²) < 4.78 is 13.4. The topological polar surface area (TPSA) is 55.1 Å². The molecule has 1 amide bonds. The van der Waals surface area contributed by atoms with Crippen molar-refractivity contribution < 1.29 is 9.18 Å². The van der Waals surface area contributed by atoms with Gasteiger partial charge in [-0.25, -0.2) is 4.39 Å². The molecule has 3 N–H and O–H groups in total. The van der Waals surface area contributed by atoms with Crippen LogP contribution in [0.1, 0.15) is 31.2 Å². The van der Waals surface area contributed by atoms with Crippen molar-refractivity contribution in [3.63, 3.8) is 0 Å². The number of carbonyl (C=O) groups excluding carboxylic acids is 1. The Balaban J connectivity index is 2.40. The van der Waals surface area contributed by atoms with Crippen molar-refractivity contribution in [2.45, 2.75) is 32.6 Å². The van der Waals surface area contributed by atoms with Gasteiger partial charge in [-0.2, -0.15) is 0 Å². The number of benzene rings is 1. The lowest BCUT2D eigenvalue weighted by Crippen LogP contribution is -2.12. The maximum Gasteiger partial charge on any atom is 0.224 e. The second kappa shape index (κ2) is 7.01. The summed E-state index contributed by atoms with van der Waals surface area (Å²) in [5.41, 5.74) is 6.44. The Morgan fingerprint density at radius 1 is 1.35 bits per heavy atom. The van der Waals surface area contributed by atoms with Crippen LogP contribution in [-0.4, -0.2) is 12.5 Å². The quantitative estimate of drug-likeness (QED) is 0.748. The van der Waals surface area contributed by atoms with Gasteiger partial charge in [-0.3, -0.25) is 4.79 Å². The van der Waals surface area contributed by atoms with E-state index in [9.17, 15) is 9.18 Å². The summed E-state index contributed by atoms with van der Waals surface area (Å²) in [5.74, 6) is -0.537. The van der Waals surface area contributed by atoms with E-state index in [2.05, 4.69) is 5.32 Å². The zero-order chi connectivity index (χ0) is 12.7. The number of aryl methyl sites for hydroxylation is 1. The van der Waals surface area contributed by atoms with Crippen LogP contribution in [0.4, 0.5) is 10.1 Å². The van der Waals surface area contributed by atoms with Crippen LogP contribution >= 0.6 is 0 Å². The molecule has 1 aromatic carbocycles. The number of amides is 1. The summed E-state index contributed by atoms with van der Waals surface area (Å²) in [5, 5.41) is 2.57. The minimum absolute atomic E-state index is 0.148.